The van der Waals surface area contributed by atoms with E-state index in [1.165, 1.54) is 0 Å². The lowest BCUT2D eigenvalue weighted by Crippen LogP contribution is -2.32. The van der Waals surface area contributed by atoms with Crippen LogP contribution in [0.1, 0.15) is 61.3 Å². The minimum atomic E-state index is -0.237. The molecule has 2 aromatic carbocycles. The molecule has 0 bridgehead atoms. The zero-order valence-corrected chi connectivity index (χ0v) is 20.2. The smallest absolute Gasteiger partial charge is 0.253 e. The minimum absolute atomic E-state index is 0.0254. The van der Waals surface area contributed by atoms with Gasteiger partial charge in [-0.15, -0.1) is 0 Å². The molecule has 0 spiro atoms. The molecule has 178 valence electrons. The van der Waals surface area contributed by atoms with Gasteiger partial charge in [-0.1, -0.05) is 26.0 Å². The van der Waals surface area contributed by atoms with E-state index in [9.17, 15) is 14.4 Å². The van der Waals surface area contributed by atoms with Gasteiger partial charge in [0, 0.05) is 48.7 Å². The first kappa shape index (κ1) is 25.9. The van der Waals surface area contributed by atoms with Gasteiger partial charge in [0.05, 0.1) is 6.54 Å². The molecule has 0 saturated heterocycles. The minimum Gasteiger partial charge on any atom is -0.376 e. The van der Waals surface area contributed by atoms with E-state index in [2.05, 4.69) is 24.5 Å². The predicted octanol–water partition coefficient (Wildman–Crippen LogP) is 4.48. The quantitative estimate of drug-likeness (QED) is 0.497. The molecular weight excluding hydrogens is 416 g/mol. The fraction of sp³-hybridized carbons (Fsp3) is 0.423. The van der Waals surface area contributed by atoms with Crippen molar-refractivity contribution in [2.75, 3.05) is 43.4 Å². The number of hydrogen-bond acceptors (Lipinski definition) is 4. The molecule has 0 fully saturated rings. The normalized spacial score (nSPS) is 10.4. The number of anilines is 2. The van der Waals surface area contributed by atoms with Crippen LogP contribution in [0.5, 0.6) is 0 Å². The van der Waals surface area contributed by atoms with Crippen LogP contribution < -0.4 is 10.6 Å². The van der Waals surface area contributed by atoms with Gasteiger partial charge >= 0.3 is 0 Å². The van der Waals surface area contributed by atoms with Gasteiger partial charge in [-0.3, -0.25) is 14.4 Å². The molecule has 2 N–H and O–H groups in total. The molecule has 0 saturated carbocycles. The summed E-state index contributed by atoms with van der Waals surface area (Å²) < 4.78 is 0. The number of carbonyl (C=O) groups excluding carboxylic acids is 3. The van der Waals surface area contributed by atoms with E-state index >= 15 is 0 Å². The number of amides is 3. The van der Waals surface area contributed by atoms with Crippen molar-refractivity contribution in [3.63, 3.8) is 0 Å². The van der Waals surface area contributed by atoms with Gasteiger partial charge in [-0.25, -0.2) is 0 Å². The number of nitrogens with one attached hydrogen (secondary N) is 2. The third-order valence-corrected chi connectivity index (χ3v) is 5.28. The third kappa shape index (κ3) is 7.63. The number of hydrogen-bond donors (Lipinski definition) is 2. The van der Waals surface area contributed by atoms with Crippen LogP contribution in [0.15, 0.2) is 48.5 Å². The Morgan fingerprint density at radius 3 is 1.79 bits per heavy atom. The maximum Gasteiger partial charge on any atom is 0.253 e. The Labute approximate surface area is 197 Å². The fourth-order valence-corrected chi connectivity index (χ4v) is 3.61. The Balaban J connectivity index is 1.99. The Hall–Kier alpha value is -3.35. The highest BCUT2D eigenvalue weighted by atomic mass is 16.2. The van der Waals surface area contributed by atoms with Crippen molar-refractivity contribution in [1.29, 1.82) is 0 Å². The van der Waals surface area contributed by atoms with Crippen LogP contribution in [0.25, 0.3) is 0 Å². The topological polar surface area (TPSA) is 81.8 Å². The van der Waals surface area contributed by atoms with Crippen molar-refractivity contribution in [1.82, 2.24) is 9.80 Å². The maximum atomic E-state index is 12.8. The first-order chi connectivity index (χ1) is 15.9. The highest BCUT2D eigenvalue weighted by Gasteiger charge is 2.15. The predicted molar refractivity (Wildman–Crippen MR) is 134 cm³/mol. The van der Waals surface area contributed by atoms with Gasteiger partial charge in [0.25, 0.3) is 11.8 Å². The van der Waals surface area contributed by atoms with Gasteiger partial charge < -0.3 is 20.4 Å². The first-order valence-electron chi connectivity index (χ1n) is 11.8. The standard InChI is InChI=1S/C26H36N4O3/c1-5-15-30(16-6-2)26(33)21-12-10-14-23(18-21)28-24(31)19-27-22-13-9-11-20(17-22)25(32)29(7-3)8-4/h9-14,17-18,27H,5-8,15-16,19H2,1-4H3,(H,28,31). The Kier molecular flexibility index (Phi) is 10.4. The Bertz CT molecular complexity index is 935. The van der Waals surface area contributed by atoms with Crippen LogP contribution in [-0.2, 0) is 4.79 Å². The van der Waals surface area contributed by atoms with Crippen LogP contribution in [0.4, 0.5) is 11.4 Å². The first-order valence-corrected chi connectivity index (χ1v) is 11.8. The molecule has 0 aliphatic heterocycles. The van der Waals surface area contributed by atoms with Crippen LogP contribution in [0, 0.1) is 0 Å². The van der Waals surface area contributed by atoms with E-state index in [0.29, 0.717) is 48.7 Å². The van der Waals surface area contributed by atoms with Gasteiger partial charge in [0.15, 0.2) is 0 Å². The third-order valence-electron chi connectivity index (χ3n) is 5.28. The lowest BCUT2D eigenvalue weighted by atomic mass is 10.1. The number of nitrogens with zero attached hydrogens (tertiary/aromatic N) is 2. The summed E-state index contributed by atoms with van der Waals surface area (Å²) in [7, 11) is 0. The van der Waals surface area contributed by atoms with Crippen molar-refractivity contribution < 1.29 is 14.4 Å². The van der Waals surface area contributed by atoms with E-state index in [1.54, 1.807) is 47.4 Å². The molecule has 33 heavy (non-hydrogen) atoms. The van der Waals surface area contributed by atoms with Crippen LogP contribution in [-0.4, -0.2) is 60.2 Å². The van der Waals surface area contributed by atoms with E-state index in [4.69, 9.17) is 0 Å². The average molecular weight is 453 g/mol. The molecule has 0 heterocycles. The van der Waals surface area contributed by atoms with E-state index < -0.39 is 0 Å². The number of benzene rings is 2. The monoisotopic (exact) mass is 452 g/mol. The van der Waals surface area contributed by atoms with Crippen molar-refractivity contribution in [2.45, 2.75) is 40.5 Å². The van der Waals surface area contributed by atoms with Crippen LogP contribution in [0.3, 0.4) is 0 Å². The summed E-state index contributed by atoms with van der Waals surface area (Å²) in [5, 5.41) is 5.90. The summed E-state index contributed by atoms with van der Waals surface area (Å²) in [6.45, 7) is 10.7. The van der Waals surface area contributed by atoms with Crippen molar-refractivity contribution in [3.8, 4) is 0 Å². The molecule has 0 radical (unpaired) electrons. The van der Waals surface area contributed by atoms with Gasteiger partial charge in [0.2, 0.25) is 5.91 Å². The van der Waals surface area contributed by atoms with Crippen LogP contribution >= 0.6 is 0 Å². The molecule has 0 atom stereocenters. The molecule has 0 aliphatic carbocycles. The number of rotatable bonds is 12. The second kappa shape index (κ2) is 13.3. The molecular formula is C26H36N4O3. The second-order valence-electron chi connectivity index (χ2n) is 7.83. The largest absolute Gasteiger partial charge is 0.376 e. The molecule has 2 aromatic rings. The van der Waals surface area contributed by atoms with E-state index in [0.717, 1.165) is 12.8 Å². The van der Waals surface area contributed by atoms with Crippen molar-refractivity contribution in [2.24, 2.45) is 0 Å². The van der Waals surface area contributed by atoms with Crippen LogP contribution in [0.2, 0.25) is 0 Å². The molecule has 0 aromatic heterocycles. The number of carbonyl (C=O) groups is 3. The highest BCUT2D eigenvalue weighted by molar-refractivity contribution is 5.98. The van der Waals surface area contributed by atoms with Crippen molar-refractivity contribution >= 4 is 29.1 Å². The summed E-state index contributed by atoms with van der Waals surface area (Å²) in [4.78, 5) is 41.4. The Morgan fingerprint density at radius 2 is 1.24 bits per heavy atom. The molecule has 3 amide bonds. The average Bonchev–Trinajstić information content (AvgIpc) is 2.83. The van der Waals surface area contributed by atoms with Gasteiger partial charge in [0.1, 0.15) is 0 Å². The zero-order valence-electron chi connectivity index (χ0n) is 20.2. The second-order valence-corrected chi connectivity index (χ2v) is 7.83. The molecule has 2 rings (SSSR count). The lowest BCUT2D eigenvalue weighted by molar-refractivity contribution is -0.114. The molecule has 0 aliphatic rings. The summed E-state index contributed by atoms with van der Waals surface area (Å²) in [5.74, 6) is -0.295. The Morgan fingerprint density at radius 1 is 0.727 bits per heavy atom. The fourth-order valence-electron chi connectivity index (χ4n) is 3.61. The summed E-state index contributed by atoms with van der Waals surface area (Å²) in [5.41, 5.74) is 2.41. The maximum absolute atomic E-state index is 12.8. The SMILES string of the molecule is CCCN(CCC)C(=O)c1cccc(NC(=O)CNc2cccc(C(=O)N(CC)CC)c2)c1. The van der Waals surface area contributed by atoms with Crippen molar-refractivity contribution in [3.05, 3.63) is 59.7 Å². The molecule has 7 heteroatoms. The zero-order chi connectivity index (χ0) is 24.2. The van der Waals surface area contributed by atoms with Gasteiger partial charge in [-0.2, -0.15) is 0 Å². The molecule has 7 nitrogen and oxygen atoms in total. The summed E-state index contributed by atoms with van der Waals surface area (Å²) in [6.07, 6.45) is 1.80. The highest BCUT2D eigenvalue weighted by Crippen LogP contribution is 2.15. The van der Waals surface area contributed by atoms with Gasteiger partial charge in [-0.05, 0) is 63.1 Å². The summed E-state index contributed by atoms with van der Waals surface area (Å²) >= 11 is 0. The summed E-state index contributed by atoms with van der Waals surface area (Å²) in [6, 6.07) is 14.2. The van der Waals surface area contributed by atoms with E-state index in [-0.39, 0.29) is 24.3 Å². The lowest BCUT2D eigenvalue weighted by Gasteiger charge is -2.21. The molecule has 0 unspecified atom stereocenters. The van der Waals surface area contributed by atoms with E-state index in [1.807, 2.05) is 24.8 Å².